The maximum absolute atomic E-state index is 12.6. The van der Waals surface area contributed by atoms with Crippen molar-refractivity contribution < 1.29 is 4.79 Å². The first kappa shape index (κ1) is 14.5. The summed E-state index contributed by atoms with van der Waals surface area (Å²) in [5.41, 5.74) is 2.35. The van der Waals surface area contributed by atoms with E-state index in [1.165, 1.54) is 5.56 Å². The number of halogens is 2. The third-order valence-corrected chi connectivity index (χ3v) is 5.91. The average molecular weight is 421 g/mol. The molecule has 112 valence electrons. The number of hydrogen-bond donors (Lipinski definition) is 0. The van der Waals surface area contributed by atoms with Crippen molar-refractivity contribution in [3.63, 3.8) is 0 Å². The SMILES string of the molecule is O=C1[C@H]2C[C@H](c3ccc(Br)cc3)[C@H](C2)N1c1ccc(Br)cc1. The molecule has 2 aliphatic rings. The second-order valence-corrected chi connectivity index (χ2v) is 7.91. The number of nitrogens with zero attached hydrogens (tertiary/aromatic N) is 1. The monoisotopic (exact) mass is 419 g/mol. The molecule has 0 aromatic heterocycles. The fourth-order valence-corrected chi connectivity index (χ4v) is 4.38. The highest BCUT2D eigenvalue weighted by molar-refractivity contribution is 9.10. The molecule has 2 aromatic carbocycles. The molecule has 2 nitrogen and oxygen atoms in total. The second kappa shape index (κ2) is 5.50. The van der Waals surface area contributed by atoms with Crippen LogP contribution < -0.4 is 4.90 Å². The van der Waals surface area contributed by atoms with Gasteiger partial charge in [-0.25, -0.2) is 0 Å². The molecule has 4 rings (SSSR count). The zero-order valence-corrected chi connectivity index (χ0v) is 15.0. The Morgan fingerprint density at radius 3 is 2.05 bits per heavy atom. The Bertz CT molecular complexity index is 711. The molecule has 1 amide bonds. The molecule has 2 aromatic rings. The van der Waals surface area contributed by atoms with Crippen LogP contribution in [0.25, 0.3) is 0 Å². The van der Waals surface area contributed by atoms with E-state index in [4.69, 9.17) is 0 Å². The van der Waals surface area contributed by atoms with Gasteiger partial charge in [-0.3, -0.25) is 4.79 Å². The minimum absolute atomic E-state index is 0.183. The van der Waals surface area contributed by atoms with E-state index in [-0.39, 0.29) is 5.92 Å². The van der Waals surface area contributed by atoms with E-state index in [0.717, 1.165) is 27.5 Å². The van der Waals surface area contributed by atoms with Crippen molar-refractivity contribution in [1.82, 2.24) is 0 Å². The van der Waals surface area contributed by atoms with Crippen molar-refractivity contribution >= 4 is 43.5 Å². The Morgan fingerprint density at radius 2 is 1.45 bits per heavy atom. The number of carbonyl (C=O) groups is 1. The normalized spacial score (nSPS) is 26.7. The molecule has 22 heavy (non-hydrogen) atoms. The summed E-state index contributed by atoms with van der Waals surface area (Å²) in [5, 5.41) is 0. The van der Waals surface area contributed by atoms with Crippen molar-refractivity contribution in [2.45, 2.75) is 24.8 Å². The second-order valence-electron chi connectivity index (χ2n) is 6.08. The lowest BCUT2D eigenvalue weighted by molar-refractivity contribution is -0.121. The van der Waals surface area contributed by atoms with Gasteiger partial charge in [0.15, 0.2) is 0 Å². The van der Waals surface area contributed by atoms with Gasteiger partial charge in [-0.05, 0) is 54.8 Å². The molecule has 2 fully saturated rings. The molecule has 1 aliphatic heterocycles. The standard InChI is InChI=1S/C18H15Br2NO/c19-13-3-1-11(2-4-13)16-9-12-10-17(16)21(18(12)22)15-7-5-14(20)6-8-15/h1-8,12,16-17H,9-10H2/t12-,16+,17-/m0/s1. The lowest BCUT2D eigenvalue weighted by atomic mass is 9.90. The van der Waals surface area contributed by atoms with E-state index >= 15 is 0 Å². The van der Waals surface area contributed by atoms with Gasteiger partial charge in [-0.15, -0.1) is 0 Å². The first-order valence-electron chi connectivity index (χ1n) is 7.47. The van der Waals surface area contributed by atoms with Crippen molar-refractivity contribution in [2.75, 3.05) is 4.90 Å². The number of rotatable bonds is 2. The average Bonchev–Trinajstić information content (AvgIpc) is 3.07. The van der Waals surface area contributed by atoms with Crippen molar-refractivity contribution in [3.05, 3.63) is 63.0 Å². The van der Waals surface area contributed by atoms with Gasteiger partial charge in [0.1, 0.15) is 0 Å². The molecule has 0 N–H and O–H groups in total. The Hall–Kier alpha value is -1.13. The molecule has 3 atom stereocenters. The number of piperidine rings is 1. The number of amides is 1. The third kappa shape index (κ3) is 2.33. The number of carbonyl (C=O) groups excluding carboxylic acids is 1. The number of fused-ring (bicyclic) bond motifs is 2. The van der Waals surface area contributed by atoms with Gasteiger partial charge >= 0.3 is 0 Å². The van der Waals surface area contributed by atoms with E-state index in [1.807, 2.05) is 29.2 Å². The van der Waals surface area contributed by atoms with Crippen LogP contribution in [0.4, 0.5) is 5.69 Å². The van der Waals surface area contributed by atoms with E-state index in [9.17, 15) is 4.79 Å². The van der Waals surface area contributed by atoms with Crippen molar-refractivity contribution in [2.24, 2.45) is 5.92 Å². The van der Waals surface area contributed by atoms with E-state index in [0.29, 0.717) is 17.9 Å². The van der Waals surface area contributed by atoms with Crippen molar-refractivity contribution in [1.29, 1.82) is 0 Å². The molecule has 1 saturated carbocycles. The summed E-state index contributed by atoms with van der Waals surface area (Å²) in [6, 6.07) is 16.9. The van der Waals surface area contributed by atoms with Crippen LogP contribution in [0.5, 0.6) is 0 Å². The van der Waals surface area contributed by atoms with Crippen LogP contribution in [0.15, 0.2) is 57.5 Å². The van der Waals surface area contributed by atoms with Crippen LogP contribution in [0.2, 0.25) is 0 Å². The van der Waals surface area contributed by atoms with Gasteiger partial charge in [0.05, 0.1) is 0 Å². The molecule has 2 bridgehead atoms. The molecular weight excluding hydrogens is 406 g/mol. The Labute approximate surface area is 146 Å². The Balaban J connectivity index is 1.67. The van der Waals surface area contributed by atoms with Gasteiger partial charge in [-0.2, -0.15) is 0 Å². The number of benzene rings is 2. The van der Waals surface area contributed by atoms with Crippen LogP contribution >= 0.6 is 31.9 Å². The fraction of sp³-hybridized carbons (Fsp3) is 0.278. The lowest BCUT2D eigenvalue weighted by Crippen LogP contribution is -2.41. The summed E-state index contributed by atoms with van der Waals surface area (Å²) in [4.78, 5) is 14.6. The zero-order valence-electron chi connectivity index (χ0n) is 11.9. The van der Waals surface area contributed by atoms with Crippen LogP contribution in [0.3, 0.4) is 0 Å². The first-order valence-corrected chi connectivity index (χ1v) is 9.06. The molecule has 0 unspecified atom stereocenters. The summed E-state index contributed by atoms with van der Waals surface area (Å²) < 4.78 is 2.14. The topological polar surface area (TPSA) is 20.3 Å². The van der Waals surface area contributed by atoms with Crippen LogP contribution in [0, 0.1) is 5.92 Å². The molecule has 1 aliphatic carbocycles. The van der Waals surface area contributed by atoms with E-state index < -0.39 is 0 Å². The van der Waals surface area contributed by atoms with Gasteiger partial charge in [0, 0.05) is 32.5 Å². The van der Waals surface area contributed by atoms with Crippen LogP contribution in [-0.2, 0) is 4.79 Å². The maximum atomic E-state index is 12.6. The maximum Gasteiger partial charge on any atom is 0.230 e. The van der Waals surface area contributed by atoms with Crippen LogP contribution in [-0.4, -0.2) is 11.9 Å². The summed E-state index contributed by atoms with van der Waals surface area (Å²) >= 11 is 6.95. The van der Waals surface area contributed by atoms with E-state index in [1.54, 1.807) is 0 Å². The summed E-state index contributed by atoms with van der Waals surface area (Å²) in [6.45, 7) is 0. The Kier molecular flexibility index (Phi) is 3.61. The summed E-state index contributed by atoms with van der Waals surface area (Å²) in [5.74, 6) is 0.919. The lowest BCUT2D eigenvalue weighted by Gasteiger charge is -2.33. The Morgan fingerprint density at radius 1 is 0.864 bits per heavy atom. The molecule has 1 heterocycles. The highest BCUT2D eigenvalue weighted by atomic mass is 79.9. The smallest absolute Gasteiger partial charge is 0.230 e. The number of hydrogen-bond acceptors (Lipinski definition) is 1. The predicted molar refractivity (Wildman–Crippen MR) is 95.0 cm³/mol. The van der Waals surface area contributed by atoms with Crippen molar-refractivity contribution in [3.8, 4) is 0 Å². The molecule has 1 saturated heterocycles. The zero-order chi connectivity index (χ0) is 15.3. The fourth-order valence-electron chi connectivity index (χ4n) is 3.85. The quantitative estimate of drug-likeness (QED) is 0.660. The molecule has 0 radical (unpaired) electrons. The first-order chi connectivity index (χ1) is 10.6. The predicted octanol–water partition coefficient (Wildman–Crippen LogP) is 5.12. The molecule has 4 heteroatoms. The third-order valence-electron chi connectivity index (χ3n) is 4.85. The molecule has 0 spiro atoms. The van der Waals surface area contributed by atoms with Gasteiger partial charge in [0.2, 0.25) is 5.91 Å². The minimum Gasteiger partial charge on any atom is -0.308 e. The summed E-state index contributed by atoms with van der Waals surface area (Å²) in [6.07, 6.45) is 1.97. The highest BCUT2D eigenvalue weighted by Crippen LogP contribution is 2.49. The van der Waals surface area contributed by atoms with Gasteiger partial charge in [0.25, 0.3) is 0 Å². The van der Waals surface area contributed by atoms with Gasteiger partial charge in [-0.1, -0.05) is 44.0 Å². The minimum atomic E-state index is 0.183. The number of anilines is 1. The summed E-state index contributed by atoms with van der Waals surface area (Å²) in [7, 11) is 0. The molecular formula is C18H15Br2NO. The largest absolute Gasteiger partial charge is 0.308 e. The van der Waals surface area contributed by atoms with Gasteiger partial charge < -0.3 is 4.90 Å². The van der Waals surface area contributed by atoms with E-state index in [2.05, 4.69) is 56.1 Å². The highest BCUT2D eigenvalue weighted by Gasteiger charge is 2.51. The van der Waals surface area contributed by atoms with Crippen LogP contribution in [0.1, 0.15) is 24.3 Å².